The van der Waals surface area contributed by atoms with Gasteiger partial charge in [0.05, 0.1) is 23.2 Å². The quantitative estimate of drug-likeness (QED) is 0.481. The van der Waals surface area contributed by atoms with E-state index in [2.05, 4.69) is 10.6 Å². The summed E-state index contributed by atoms with van der Waals surface area (Å²) >= 11 is 6.14. The predicted molar refractivity (Wildman–Crippen MR) is 122 cm³/mol. The van der Waals surface area contributed by atoms with Gasteiger partial charge in [0.15, 0.2) is 0 Å². The van der Waals surface area contributed by atoms with Crippen LogP contribution in [0.25, 0.3) is 0 Å². The van der Waals surface area contributed by atoms with Crippen LogP contribution >= 0.6 is 11.6 Å². The molecule has 0 bridgehead atoms. The minimum absolute atomic E-state index is 0.211. The number of benzene rings is 3. The highest BCUT2D eigenvalue weighted by Gasteiger charge is 2.25. The summed E-state index contributed by atoms with van der Waals surface area (Å²) in [4.78, 5) is 25.9. The van der Waals surface area contributed by atoms with Gasteiger partial charge in [-0.15, -0.1) is 0 Å². The number of amides is 2. The molecule has 3 rings (SSSR count). The number of hydrogen-bond acceptors (Lipinski definition) is 3. The van der Waals surface area contributed by atoms with Crippen molar-refractivity contribution in [1.29, 1.82) is 0 Å². The van der Waals surface area contributed by atoms with Crippen LogP contribution in [0.15, 0.2) is 84.9 Å². The second-order valence-electron chi connectivity index (χ2n) is 7.27. The summed E-state index contributed by atoms with van der Waals surface area (Å²) < 4.78 is 0. The maximum Gasteiger partial charge on any atom is 0.253 e. The summed E-state index contributed by atoms with van der Waals surface area (Å²) in [6, 6.07) is 24.5. The molecule has 2 amide bonds. The third-order valence-electron chi connectivity index (χ3n) is 4.91. The zero-order chi connectivity index (χ0) is 22.1. The lowest BCUT2D eigenvalue weighted by molar-refractivity contribution is -0.124. The molecule has 0 aliphatic carbocycles. The van der Waals surface area contributed by atoms with Crippen LogP contribution in [0.3, 0.4) is 0 Å². The van der Waals surface area contributed by atoms with Gasteiger partial charge in [-0.25, -0.2) is 0 Å². The third kappa shape index (κ3) is 6.67. The Morgan fingerprint density at radius 2 is 1.32 bits per heavy atom. The molecule has 0 aliphatic heterocycles. The van der Waals surface area contributed by atoms with Crippen molar-refractivity contribution in [3.05, 3.63) is 107 Å². The lowest BCUT2D eigenvalue weighted by Crippen LogP contribution is -2.52. The normalized spacial score (nSPS) is 12.6. The summed E-state index contributed by atoms with van der Waals surface area (Å²) in [5.74, 6) is -0.787. The molecule has 5 nitrogen and oxygen atoms in total. The van der Waals surface area contributed by atoms with Crippen LogP contribution in [0, 0.1) is 0 Å². The zero-order valence-corrected chi connectivity index (χ0v) is 17.8. The van der Waals surface area contributed by atoms with E-state index in [1.54, 1.807) is 24.3 Å². The fourth-order valence-corrected chi connectivity index (χ4v) is 3.52. The lowest BCUT2D eigenvalue weighted by Gasteiger charge is -2.23. The van der Waals surface area contributed by atoms with E-state index < -0.39 is 18.0 Å². The molecule has 160 valence electrons. The van der Waals surface area contributed by atoms with Crippen LogP contribution in [-0.4, -0.2) is 35.6 Å². The molecule has 0 fully saturated rings. The van der Waals surface area contributed by atoms with Gasteiger partial charge in [-0.3, -0.25) is 9.59 Å². The highest BCUT2D eigenvalue weighted by Crippen LogP contribution is 2.15. The van der Waals surface area contributed by atoms with Gasteiger partial charge in [0.25, 0.3) is 5.91 Å². The summed E-state index contributed by atoms with van der Waals surface area (Å²) in [6.45, 7) is -0.211. The van der Waals surface area contributed by atoms with Crippen LogP contribution in [0.1, 0.15) is 21.5 Å². The van der Waals surface area contributed by atoms with Crippen LogP contribution in [-0.2, 0) is 17.6 Å². The summed E-state index contributed by atoms with van der Waals surface area (Å²) in [7, 11) is 0. The zero-order valence-electron chi connectivity index (χ0n) is 17.0. The molecule has 0 heterocycles. The van der Waals surface area contributed by atoms with Gasteiger partial charge < -0.3 is 15.7 Å². The first-order chi connectivity index (χ1) is 15.1. The molecule has 0 spiro atoms. The molecule has 0 saturated heterocycles. The first kappa shape index (κ1) is 22.5. The highest BCUT2D eigenvalue weighted by atomic mass is 35.5. The minimum atomic E-state index is -0.823. The van der Waals surface area contributed by atoms with Crippen LogP contribution in [0.4, 0.5) is 0 Å². The smallest absolute Gasteiger partial charge is 0.253 e. The SMILES string of the molecule is O=C(N[C@@H](Cc1ccccc1)C(=O)N[C@H](CO)Cc1ccccc1)c1ccccc1Cl. The number of rotatable bonds is 9. The predicted octanol–water partition coefficient (Wildman–Crippen LogP) is 3.40. The Balaban J connectivity index is 1.75. The maximum absolute atomic E-state index is 13.1. The molecule has 0 saturated carbocycles. The molecule has 3 aromatic carbocycles. The van der Waals surface area contributed by atoms with Crippen LogP contribution in [0.2, 0.25) is 5.02 Å². The van der Waals surface area contributed by atoms with Crippen molar-refractivity contribution in [2.24, 2.45) is 0 Å². The minimum Gasteiger partial charge on any atom is -0.394 e. The molecule has 0 aliphatic rings. The van der Waals surface area contributed by atoms with Crippen molar-refractivity contribution in [3.8, 4) is 0 Å². The summed E-state index contributed by atoms with van der Waals surface area (Å²) in [6.07, 6.45) is 0.798. The van der Waals surface area contributed by atoms with E-state index in [0.717, 1.165) is 11.1 Å². The fraction of sp³-hybridized carbons (Fsp3) is 0.200. The Morgan fingerprint density at radius 1 is 0.774 bits per heavy atom. The third-order valence-corrected chi connectivity index (χ3v) is 5.24. The average molecular weight is 437 g/mol. The Morgan fingerprint density at radius 3 is 1.90 bits per heavy atom. The van der Waals surface area contributed by atoms with Crippen molar-refractivity contribution in [2.75, 3.05) is 6.61 Å². The summed E-state index contributed by atoms with van der Waals surface area (Å²) in [5, 5.41) is 15.8. The molecule has 0 unspecified atom stereocenters. The van der Waals surface area contributed by atoms with Gasteiger partial charge in [0.1, 0.15) is 6.04 Å². The van der Waals surface area contributed by atoms with E-state index in [-0.39, 0.29) is 12.5 Å². The van der Waals surface area contributed by atoms with Crippen LogP contribution < -0.4 is 10.6 Å². The first-order valence-corrected chi connectivity index (χ1v) is 10.5. The van der Waals surface area contributed by atoms with Crippen molar-refractivity contribution in [2.45, 2.75) is 24.9 Å². The number of nitrogens with one attached hydrogen (secondary N) is 2. The highest BCUT2D eigenvalue weighted by molar-refractivity contribution is 6.33. The number of halogens is 1. The number of carbonyl (C=O) groups excluding carboxylic acids is 2. The van der Waals surface area contributed by atoms with E-state index in [4.69, 9.17) is 11.6 Å². The molecule has 6 heteroatoms. The van der Waals surface area contributed by atoms with Crippen molar-refractivity contribution in [3.63, 3.8) is 0 Å². The van der Waals surface area contributed by atoms with Gasteiger partial charge in [-0.1, -0.05) is 84.4 Å². The number of hydrogen-bond donors (Lipinski definition) is 3. The van der Waals surface area contributed by atoms with E-state index in [0.29, 0.717) is 23.4 Å². The Hall–Kier alpha value is -3.15. The monoisotopic (exact) mass is 436 g/mol. The number of carbonyl (C=O) groups is 2. The van der Waals surface area contributed by atoms with E-state index in [1.165, 1.54) is 0 Å². The van der Waals surface area contributed by atoms with Crippen molar-refractivity contribution >= 4 is 23.4 Å². The van der Waals surface area contributed by atoms with E-state index in [9.17, 15) is 14.7 Å². The standard InChI is InChI=1S/C25H25ClN2O3/c26-22-14-8-7-13-21(22)24(30)28-23(16-19-11-5-2-6-12-19)25(31)27-20(17-29)15-18-9-3-1-4-10-18/h1-14,20,23,29H,15-17H2,(H,27,31)(H,28,30)/t20-,23-/m0/s1. The van der Waals surface area contributed by atoms with E-state index in [1.807, 2.05) is 60.7 Å². The molecule has 3 aromatic rings. The molecular formula is C25H25ClN2O3. The second-order valence-corrected chi connectivity index (χ2v) is 7.68. The fourth-order valence-electron chi connectivity index (χ4n) is 3.30. The Bertz CT molecular complexity index is 996. The number of aliphatic hydroxyl groups is 1. The molecule has 3 N–H and O–H groups in total. The second kappa shape index (κ2) is 11.3. The van der Waals surface area contributed by atoms with Crippen LogP contribution in [0.5, 0.6) is 0 Å². The average Bonchev–Trinajstić information content (AvgIpc) is 2.79. The largest absolute Gasteiger partial charge is 0.394 e. The van der Waals surface area contributed by atoms with Gasteiger partial charge in [-0.05, 0) is 29.7 Å². The molecule has 0 aromatic heterocycles. The number of aliphatic hydroxyl groups excluding tert-OH is 1. The molecule has 0 radical (unpaired) electrons. The molecular weight excluding hydrogens is 412 g/mol. The summed E-state index contributed by atoms with van der Waals surface area (Å²) in [5.41, 5.74) is 2.21. The van der Waals surface area contributed by atoms with Gasteiger partial charge in [0, 0.05) is 6.42 Å². The van der Waals surface area contributed by atoms with Gasteiger partial charge in [-0.2, -0.15) is 0 Å². The Kier molecular flexibility index (Phi) is 8.21. The van der Waals surface area contributed by atoms with Gasteiger partial charge in [0.2, 0.25) is 5.91 Å². The molecule has 31 heavy (non-hydrogen) atoms. The lowest BCUT2D eigenvalue weighted by atomic mass is 10.0. The van der Waals surface area contributed by atoms with Gasteiger partial charge >= 0.3 is 0 Å². The maximum atomic E-state index is 13.1. The molecule has 2 atom stereocenters. The van der Waals surface area contributed by atoms with Crippen molar-refractivity contribution in [1.82, 2.24) is 10.6 Å². The Labute approximate surface area is 187 Å². The van der Waals surface area contributed by atoms with Crippen molar-refractivity contribution < 1.29 is 14.7 Å². The topological polar surface area (TPSA) is 78.4 Å². The first-order valence-electron chi connectivity index (χ1n) is 10.1. The van der Waals surface area contributed by atoms with E-state index >= 15 is 0 Å².